The van der Waals surface area contributed by atoms with Gasteiger partial charge in [-0.15, -0.1) is 12.4 Å². The summed E-state index contributed by atoms with van der Waals surface area (Å²) in [4.78, 5) is 8.29. The molecule has 0 aromatic carbocycles. The molecule has 0 aliphatic carbocycles. The van der Waals surface area contributed by atoms with Gasteiger partial charge in [-0.2, -0.15) is 0 Å². The van der Waals surface area contributed by atoms with Crippen LogP contribution in [0.4, 0.5) is 0 Å². The fourth-order valence-corrected chi connectivity index (χ4v) is 3.44. The van der Waals surface area contributed by atoms with Gasteiger partial charge in [-0.3, -0.25) is 9.19 Å². The smallest absolute Gasteiger partial charge is 0.148 e. The number of nitrogens with zero attached hydrogens (tertiary/aromatic N) is 2. The van der Waals surface area contributed by atoms with Crippen molar-refractivity contribution in [2.24, 2.45) is 5.92 Å². The summed E-state index contributed by atoms with van der Waals surface area (Å²) >= 11 is 0. The molecule has 1 atom stereocenters. The molecule has 1 aromatic heterocycles. The van der Waals surface area contributed by atoms with Gasteiger partial charge in [0.05, 0.1) is 16.5 Å². The minimum Gasteiger partial charge on any atom is -0.317 e. The van der Waals surface area contributed by atoms with E-state index < -0.39 is 10.8 Å². The molecule has 0 amide bonds. The van der Waals surface area contributed by atoms with Crippen molar-refractivity contribution in [3.63, 3.8) is 0 Å². The van der Waals surface area contributed by atoms with Gasteiger partial charge in [-0.05, 0) is 38.8 Å². The normalized spacial score (nSPS) is 18.4. The number of aryl methyl sites for hydroxylation is 1. The zero-order valence-electron chi connectivity index (χ0n) is 9.89. The van der Waals surface area contributed by atoms with Crippen molar-refractivity contribution < 1.29 is 4.21 Å². The number of nitrogens with one attached hydrogen (secondary N) is 1. The Bertz CT molecular complexity index is 383. The van der Waals surface area contributed by atoms with E-state index in [1.54, 1.807) is 12.4 Å². The molecule has 6 heteroatoms. The third-order valence-corrected chi connectivity index (χ3v) is 4.50. The Kier molecular flexibility index (Phi) is 6.02. The third-order valence-electron chi connectivity index (χ3n) is 2.90. The topological polar surface area (TPSA) is 54.9 Å². The van der Waals surface area contributed by atoms with Crippen LogP contribution in [-0.2, 0) is 10.8 Å². The lowest BCUT2D eigenvalue weighted by Crippen LogP contribution is -2.30. The maximum Gasteiger partial charge on any atom is 0.148 e. The number of halogens is 1. The molecule has 17 heavy (non-hydrogen) atoms. The summed E-state index contributed by atoms with van der Waals surface area (Å²) in [6.45, 7) is 3.95. The van der Waals surface area contributed by atoms with E-state index in [2.05, 4.69) is 15.3 Å². The second-order valence-electron chi connectivity index (χ2n) is 4.15. The molecule has 1 saturated heterocycles. The SMILES string of the molecule is Cc1nccnc1S(=O)CC1CCNCC1.Cl. The van der Waals surface area contributed by atoms with Crippen LogP contribution in [0.15, 0.2) is 17.4 Å². The molecule has 0 bridgehead atoms. The monoisotopic (exact) mass is 275 g/mol. The first kappa shape index (κ1) is 14.5. The maximum atomic E-state index is 12.1. The summed E-state index contributed by atoms with van der Waals surface area (Å²) in [6.07, 6.45) is 5.49. The predicted octanol–water partition coefficient (Wildman–Crippen LogP) is 1.31. The third kappa shape index (κ3) is 4.01. The van der Waals surface area contributed by atoms with E-state index in [1.807, 2.05) is 6.92 Å². The molecular weight excluding hydrogens is 258 g/mol. The molecule has 1 aliphatic heterocycles. The van der Waals surface area contributed by atoms with Crippen LogP contribution in [-0.4, -0.2) is 33.0 Å². The van der Waals surface area contributed by atoms with Gasteiger partial charge in [0.25, 0.3) is 0 Å². The van der Waals surface area contributed by atoms with E-state index in [9.17, 15) is 4.21 Å². The Morgan fingerprint density at radius 2 is 2.00 bits per heavy atom. The molecule has 1 unspecified atom stereocenters. The molecule has 1 aliphatic rings. The average molecular weight is 276 g/mol. The van der Waals surface area contributed by atoms with Gasteiger partial charge < -0.3 is 5.32 Å². The minimum absolute atomic E-state index is 0. The van der Waals surface area contributed by atoms with E-state index in [-0.39, 0.29) is 12.4 Å². The first-order valence-corrected chi connectivity index (χ1v) is 6.96. The summed E-state index contributed by atoms with van der Waals surface area (Å²) in [7, 11) is -0.994. The van der Waals surface area contributed by atoms with E-state index in [0.717, 1.165) is 37.4 Å². The van der Waals surface area contributed by atoms with Crippen LogP contribution < -0.4 is 5.32 Å². The average Bonchev–Trinajstić information content (AvgIpc) is 2.31. The van der Waals surface area contributed by atoms with E-state index in [4.69, 9.17) is 0 Å². The first-order chi connectivity index (χ1) is 7.77. The Morgan fingerprint density at radius 3 is 2.65 bits per heavy atom. The van der Waals surface area contributed by atoms with Crippen LogP contribution in [0.5, 0.6) is 0 Å². The van der Waals surface area contributed by atoms with Gasteiger partial charge >= 0.3 is 0 Å². The van der Waals surface area contributed by atoms with Crippen molar-refractivity contribution in [3.8, 4) is 0 Å². The van der Waals surface area contributed by atoms with Gasteiger partial charge in [0, 0.05) is 18.1 Å². The molecule has 2 heterocycles. The summed E-state index contributed by atoms with van der Waals surface area (Å²) in [5, 5.41) is 3.97. The fourth-order valence-electron chi connectivity index (χ4n) is 1.96. The predicted molar refractivity (Wildman–Crippen MR) is 70.9 cm³/mol. The number of hydrogen-bond donors (Lipinski definition) is 1. The zero-order valence-corrected chi connectivity index (χ0v) is 11.5. The van der Waals surface area contributed by atoms with E-state index in [1.165, 1.54) is 0 Å². The minimum atomic E-state index is -0.994. The van der Waals surface area contributed by atoms with Gasteiger partial charge in [0.15, 0.2) is 0 Å². The Hall–Kier alpha value is -0.520. The van der Waals surface area contributed by atoms with Crippen molar-refractivity contribution in [3.05, 3.63) is 18.1 Å². The highest BCUT2D eigenvalue weighted by Crippen LogP contribution is 2.16. The van der Waals surface area contributed by atoms with Crippen molar-refractivity contribution in [1.82, 2.24) is 15.3 Å². The maximum absolute atomic E-state index is 12.1. The van der Waals surface area contributed by atoms with E-state index >= 15 is 0 Å². The second kappa shape index (κ2) is 7.03. The van der Waals surface area contributed by atoms with Crippen LogP contribution >= 0.6 is 12.4 Å². The molecule has 4 nitrogen and oxygen atoms in total. The second-order valence-corrected chi connectivity index (χ2v) is 5.56. The fraction of sp³-hybridized carbons (Fsp3) is 0.636. The zero-order chi connectivity index (χ0) is 11.4. The van der Waals surface area contributed by atoms with Crippen LogP contribution in [0.3, 0.4) is 0 Å². The van der Waals surface area contributed by atoms with Gasteiger partial charge in [0.1, 0.15) is 5.03 Å². The molecule has 0 radical (unpaired) electrons. The lowest BCUT2D eigenvalue weighted by Gasteiger charge is -2.21. The van der Waals surface area contributed by atoms with Crippen molar-refractivity contribution in [1.29, 1.82) is 0 Å². The van der Waals surface area contributed by atoms with Crippen LogP contribution in [0.25, 0.3) is 0 Å². The van der Waals surface area contributed by atoms with E-state index in [0.29, 0.717) is 10.9 Å². The number of hydrogen-bond acceptors (Lipinski definition) is 4. The molecule has 1 aromatic rings. The Morgan fingerprint density at radius 1 is 1.35 bits per heavy atom. The van der Waals surface area contributed by atoms with Crippen LogP contribution in [0.1, 0.15) is 18.5 Å². The summed E-state index contributed by atoms with van der Waals surface area (Å²) in [5.41, 5.74) is 0.787. The van der Waals surface area contributed by atoms with Crippen molar-refractivity contribution in [2.75, 3.05) is 18.8 Å². The highest BCUT2D eigenvalue weighted by Gasteiger charge is 2.18. The highest BCUT2D eigenvalue weighted by molar-refractivity contribution is 7.85. The Labute approximate surface area is 110 Å². The largest absolute Gasteiger partial charge is 0.317 e. The standard InChI is InChI=1S/C11H17N3OS.ClH/c1-9-11(14-7-6-13-9)16(15)8-10-2-4-12-5-3-10;/h6-7,10,12H,2-5,8H2,1H3;1H. The Balaban J connectivity index is 0.00000144. The summed E-state index contributed by atoms with van der Waals surface area (Å²) in [6, 6.07) is 0. The quantitative estimate of drug-likeness (QED) is 0.904. The lowest BCUT2D eigenvalue weighted by molar-refractivity contribution is 0.405. The summed E-state index contributed by atoms with van der Waals surface area (Å²) in [5.74, 6) is 1.28. The highest BCUT2D eigenvalue weighted by atomic mass is 35.5. The van der Waals surface area contributed by atoms with Crippen LogP contribution in [0.2, 0.25) is 0 Å². The number of piperidine rings is 1. The lowest BCUT2D eigenvalue weighted by atomic mass is 10.0. The molecule has 96 valence electrons. The molecule has 1 fully saturated rings. The van der Waals surface area contributed by atoms with Crippen molar-refractivity contribution >= 4 is 23.2 Å². The molecular formula is C11H18ClN3OS. The van der Waals surface area contributed by atoms with Gasteiger partial charge in [0.2, 0.25) is 0 Å². The molecule has 0 saturated carbocycles. The van der Waals surface area contributed by atoms with Gasteiger partial charge in [-0.25, -0.2) is 4.98 Å². The molecule has 1 N–H and O–H groups in total. The number of aromatic nitrogens is 2. The molecule has 2 rings (SSSR count). The first-order valence-electron chi connectivity index (χ1n) is 5.64. The summed E-state index contributed by atoms with van der Waals surface area (Å²) < 4.78 is 12.1. The molecule has 0 spiro atoms. The van der Waals surface area contributed by atoms with Crippen LogP contribution in [0, 0.1) is 12.8 Å². The van der Waals surface area contributed by atoms with Gasteiger partial charge in [-0.1, -0.05) is 0 Å². The number of rotatable bonds is 3. The van der Waals surface area contributed by atoms with Crippen molar-refractivity contribution in [2.45, 2.75) is 24.8 Å².